The summed E-state index contributed by atoms with van der Waals surface area (Å²) in [7, 11) is 0. The second-order valence-electron chi connectivity index (χ2n) is 6.42. The Labute approximate surface area is 117 Å². The minimum absolute atomic E-state index is 0.673. The maximum atomic E-state index is 3.54. The van der Waals surface area contributed by atoms with Crippen molar-refractivity contribution >= 4 is 0 Å². The number of fused-ring (bicyclic) bond motifs is 1. The number of likely N-dealkylation sites (tertiary alicyclic amines) is 1. The number of nitrogens with one attached hydrogen (secondary N) is 1. The zero-order chi connectivity index (χ0) is 13.2. The van der Waals surface area contributed by atoms with Crippen molar-refractivity contribution in [1.82, 2.24) is 10.2 Å². The Bertz CT molecular complexity index is 403. The van der Waals surface area contributed by atoms with Gasteiger partial charge in [-0.15, -0.1) is 0 Å². The lowest BCUT2D eigenvalue weighted by Gasteiger charge is -2.25. The number of rotatable bonds is 4. The van der Waals surface area contributed by atoms with Crippen LogP contribution in [0.4, 0.5) is 0 Å². The van der Waals surface area contributed by atoms with Crippen LogP contribution in [0.3, 0.4) is 0 Å². The van der Waals surface area contributed by atoms with Crippen LogP contribution in [0.2, 0.25) is 0 Å². The highest BCUT2D eigenvalue weighted by Gasteiger charge is 2.41. The fourth-order valence-electron chi connectivity index (χ4n) is 3.86. The summed E-state index contributed by atoms with van der Waals surface area (Å²) in [5, 5.41) is 3.54. The Hall–Kier alpha value is -0.860. The van der Waals surface area contributed by atoms with E-state index >= 15 is 0 Å². The van der Waals surface area contributed by atoms with Gasteiger partial charge in [0.15, 0.2) is 0 Å². The van der Waals surface area contributed by atoms with Gasteiger partial charge in [-0.2, -0.15) is 0 Å². The molecule has 19 heavy (non-hydrogen) atoms. The minimum Gasteiger partial charge on any atom is -0.316 e. The Morgan fingerprint density at radius 2 is 2.05 bits per heavy atom. The molecule has 1 N–H and O–H groups in total. The first kappa shape index (κ1) is 13.1. The standard InChI is InChI=1S/C17H26N2/c1-13(15-6-4-3-5-7-15)8-9-19-12-16-10-18-11-17(16)14(19)2/h3-7,13-14,16-18H,8-12H2,1-2H3. The van der Waals surface area contributed by atoms with E-state index in [9.17, 15) is 0 Å². The van der Waals surface area contributed by atoms with Crippen LogP contribution < -0.4 is 5.32 Å². The summed E-state index contributed by atoms with van der Waals surface area (Å²) in [5.74, 6) is 2.47. The smallest absolute Gasteiger partial charge is 0.0111 e. The SMILES string of the molecule is CC(CCN1CC2CNCC2C1C)c1ccccc1. The van der Waals surface area contributed by atoms with Crippen molar-refractivity contribution in [3.8, 4) is 0 Å². The van der Waals surface area contributed by atoms with Gasteiger partial charge in [-0.05, 0) is 56.3 Å². The molecule has 0 radical (unpaired) electrons. The van der Waals surface area contributed by atoms with E-state index in [0.717, 1.165) is 17.9 Å². The van der Waals surface area contributed by atoms with Crippen LogP contribution in [-0.4, -0.2) is 37.1 Å². The Kier molecular flexibility index (Phi) is 3.90. The van der Waals surface area contributed by atoms with Crippen molar-refractivity contribution < 1.29 is 0 Å². The molecule has 3 rings (SSSR count). The van der Waals surface area contributed by atoms with Crippen molar-refractivity contribution in [3.05, 3.63) is 35.9 Å². The van der Waals surface area contributed by atoms with Crippen LogP contribution in [0.15, 0.2) is 30.3 Å². The Morgan fingerprint density at radius 1 is 1.26 bits per heavy atom. The molecule has 2 aliphatic heterocycles. The molecule has 2 nitrogen and oxygen atoms in total. The normalized spacial score (nSPS) is 32.4. The molecule has 104 valence electrons. The lowest BCUT2D eigenvalue weighted by atomic mass is 9.95. The second kappa shape index (κ2) is 5.64. The summed E-state index contributed by atoms with van der Waals surface area (Å²) in [6.07, 6.45) is 1.28. The predicted molar refractivity (Wildman–Crippen MR) is 80.4 cm³/mol. The van der Waals surface area contributed by atoms with Gasteiger partial charge >= 0.3 is 0 Å². The molecular weight excluding hydrogens is 232 g/mol. The van der Waals surface area contributed by atoms with Gasteiger partial charge in [0.05, 0.1) is 0 Å². The maximum absolute atomic E-state index is 3.54. The lowest BCUT2D eigenvalue weighted by molar-refractivity contribution is 0.232. The van der Waals surface area contributed by atoms with Crippen molar-refractivity contribution in [1.29, 1.82) is 0 Å². The van der Waals surface area contributed by atoms with Gasteiger partial charge in [0.1, 0.15) is 0 Å². The first-order valence-corrected chi connectivity index (χ1v) is 7.75. The van der Waals surface area contributed by atoms with E-state index in [1.54, 1.807) is 0 Å². The molecule has 0 amide bonds. The van der Waals surface area contributed by atoms with Crippen LogP contribution in [0.5, 0.6) is 0 Å². The molecule has 2 heteroatoms. The average Bonchev–Trinajstić information content (AvgIpc) is 3.01. The summed E-state index contributed by atoms with van der Waals surface area (Å²) < 4.78 is 0. The summed E-state index contributed by atoms with van der Waals surface area (Å²) in [6.45, 7) is 9.81. The van der Waals surface area contributed by atoms with Crippen LogP contribution in [0, 0.1) is 11.8 Å². The second-order valence-corrected chi connectivity index (χ2v) is 6.42. The molecule has 4 atom stereocenters. The van der Waals surface area contributed by atoms with E-state index < -0.39 is 0 Å². The molecule has 0 aliphatic carbocycles. The van der Waals surface area contributed by atoms with Gasteiger partial charge in [0.2, 0.25) is 0 Å². The zero-order valence-corrected chi connectivity index (χ0v) is 12.2. The topological polar surface area (TPSA) is 15.3 Å². The van der Waals surface area contributed by atoms with Crippen molar-refractivity contribution in [3.63, 3.8) is 0 Å². The first-order chi connectivity index (χ1) is 9.25. The number of hydrogen-bond acceptors (Lipinski definition) is 2. The molecule has 0 aromatic heterocycles. The highest BCUT2D eigenvalue weighted by molar-refractivity contribution is 5.18. The summed E-state index contributed by atoms with van der Waals surface area (Å²) >= 11 is 0. The molecule has 2 aliphatic rings. The molecule has 4 unspecified atom stereocenters. The third-order valence-electron chi connectivity index (χ3n) is 5.27. The molecule has 0 spiro atoms. The summed E-state index contributed by atoms with van der Waals surface area (Å²) in [6, 6.07) is 11.7. The molecule has 2 fully saturated rings. The highest BCUT2D eigenvalue weighted by atomic mass is 15.2. The molecule has 1 aromatic carbocycles. The first-order valence-electron chi connectivity index (χ1n) is 7.75. The fourth-order valence-corrected chi connectivity index (χ4v) is 3.86. The predicted octanol–water partition coefficient (Wildman–Crippen LogP) is 2.72. The number of nitrogens with zero attached hydrogens (tertiary/aromatic N) is 1. The zero-order valence-electron chi connectivity index (χ0n) is 12.2. The molecular formula is C17H26N2. The van der Waals surface area contributed by atoms with E-state index in [0.29, 0.717) is 5.92 Å². The van der Waals surface area contributed by atoms with E-state index in [1.807, 2.05) is 0 Å². The van der Waals surface area contributed by atoms with E-state index in [-0.39, 0.29) is 0 Å². The minimum atomic E-state index is 0.673. The largest absolute Gasteiger partial charge is 0.316 e. The molecule has 2 heterocycles. The Balaban J connectivity index is 1.53. The highest BCUT2D eigenvalue weighted by Crippen LogP contribution is 2.33. The average molecular weight is 258 g/mol. The molecule has 1 aromatic rings. The van der Waals surface area contributed by atoms with E-state index in [2.05, 4.69) is 54.4 Å². The van der Waals surface area contributed by atoms with Gasteiger partial charge < -0.3 is 5.32 Å². The van der Waals surface area contributed by atoms with E-state index in [4.69, 9.17) is 0 Å². The lowest BCUT2D eigenvalue weighted by Crippen LogP contribution is -2.34. The number of hydrogen-bond donors (Lipinski definition) is 1. The summed E-state index contributed by atoms with van der Waals surface area (Å²) in [4.78, 5) is 2.72. The van der Waals surface area contributed by atoms with Gasteiger partial charge in [-0.25, -0.2) is 0 Å². The fraction of sp³-hybridized carbons (Fsp3) is 0.647. The molecule has 2 saturated heterocycles. The Morgan fingerprint density at radius 3 is 2.79 bits per heavy atom. The third-order valence-corrected chi connectivity index (χ3v) is 5.27. The van der Waals surface area contributed by atoms with E-state index in [1.165, 1.54) is 38.2 Å². The van der Waals surface area contributed by atoms with Crippen LogP contribution in [0.1, 0.15) is 31.7 Å². The van der Waals surface area contributed by atoms with Gasteiger partial charge in [-0.1, -0.05) is 37.3 Å². The van der Waals surface area contributed by atoms with Gasteiger partial charge in [-0.3, -0.25) is 4.90 Å². The summed E-state index contributed by atoms with van der Waals surface area (Å²) in [5.41, 5.74) is 1.48. The van der Waals surface area contributed by atoms with Crippen molar-refractivity contribution in [2.75, 3.05) is 26.2 Å². The van der Waals surface area contributed by atoms with Gasteiger partial charge in [0.25, 0.3) is 0 Å². The molecule has 0 bridgehead atoms. The maximum Gasteiger partial charge on any atom is 0.0111 e. The van der Waals surface area contributed by atoms with Crippen molar-refractivity contribution in [2.24, 2.45) is 11.8 Å². The monoisotopic (exact) mass is 258 g/mol. The van der Waals surface area contributed by atoms with Crippen LogP contribution >= 0.6 is 0 Å². The third kappa shape index (κ3) is 2.70. The van der Waals surface area contributed by atoms with Gasteiger partial charge in [0, 0.05) is 12.6 Å². The van der Waals surface area contributed by atoms with Crippen LogP contribution in [-0.2, 0) is 0 Å². The van der Waals surface area contributed by atoms with Crippen LogP contribution in [0.25, 0.3) is 0 Å². The quantitative estimate of drug-likeness (QED) is 0.893. The van der Waals surface area contributed by atoms with Crippen molar-refractivity contribution in [2.45, 2.75) is 32.2 Å². The molecule has 0 saturated carbocycles. The number of benzene rings is 1.